The van der Waals surface area contributed by atoms with Gasteiger partial charge in [-0.25, -0.2) is 0 Å². The van der Waals surface area contributed by atoms with Crippen LogP contribution in [-0.2, 0) is 0 Å². The highest BCUT2D eigenvalue weighted by molar-refractivity contribution is 7.85. The molecule has 0 N–H and O–H groups in total. The van der Waals surface area contributed by atoms with Crippen LogP contribution in [0.2, 0.25) is 0 Å². The largest absolute Gasteiger partial charge is 0.303 e. The number of hydrogen-bond acceptors (Lipinski definition) is 3. The van der Waals surface area contributed by atoms with Crippen LogP contribution < -0.4 is 0 Å². The molecule has 0 aliphatic rings. The van der Waals surface area contributed by atoms with E-state index >= 15 is 0 Å². The monoisotopic (exact) mass is 300 g/mol. The molecule has 20 heavy (non-hydrogen) atoms. The fraction of sp³-hybridized carbons (Fsp3) is 0.941. The molecule has 0 rings (SSSR count). The zero-order chi connectivity index (χ0) is 15.5. The molecule has 2 nitrogen and oxygen atoms in total. The van der Waals surface area contributed by atoms with Crippen LogP contribution >= 0.6 is 12.6 Å². The van der Waals surface area contributed by atoms with Gasteiger partial charge in [0.05, 0.1) is 0 Å². The highest BCUT2D eigenvalue weighted by Gasteiger charge is 2.03. The average molecular weight is 301 g/mol. The summed E-state index contributed by atoms with van der Waals surface area (Å²) in [6.07, 6.45) is 13.9. The van der Waals surface area contributed by atoms with E-state index in [9.17, 15) is 0 Å². The van der Waals surface area contributed by atoms with Crippen molar-refractivity contribution in [1.82, 2.24) is 4.90 Å². The zero-order valence-corrected chi connectivity index (χ0v) is 14.9. The van der Waals surface area contributed by atoms with Gasteiger partial charge in [0.1, 0.15) is 5.40 Å². The molecule has 0 aromatic heterocycles. The Labute approximate surface area is 133 Å². The molecule has 0 aromatic carbocycles. The van der Waals surface area contributed by atoms with Crippen LogP contribution in [0.3, 0.4) is 0 Å². The number of rotatable bonds is 13. The van der Waals surface area contributed by atoms with E-state index in [0.29, 0.717) is 0 Å². The van der Waals surface area contributed by atoms with Gasteiger partial charge in [-0.05, 0) is 38.9 Å². The van der Waals surface area contributed by atoms with E-state index in [1.54, 1.807) is 0 Å². The van der Waals surface area contributed by atoms with Gasteiger partial charge in [-0.1, -0.05) is 78.3 Å². The van der Waals surface area contributed by atoms with Crippen LogP contribution in [0.25, 0.3) is 0 Å². The van der Waals surface area contributed by atoms with E-state index in [1.165, 1.54) is 89.2 Å². The van der Waals surface area contributed by atoms with Gasteiger partial charge in [0.25, 0.3) is 0 Å². The van der Waals surface area contributed by atoms with Crippen molar-refractivity contribution >= 4 is 12.6 Å². The minimum absolute atomic E-state index is 1.32. The third kappa shape index (κ3) is 20.1. The van der Waals surface area contributed by atoms with E-state index in [4.69, 9.17) is 5.26 Å². The Morgan fingerprint density at radius 1 is 0.700 bits per heavy atom. The number of hydrogen-bond donors (Lipinski definition) is 1. The molecule has 0 aromatic rings. The van der Waals surface area contributed by atoms with E-state index in [-0.39, 0.29) is 0 Å². The van der Waals surface area contributed by atoms with Gasteiger partial charge in [0, 0.05) is 0 Å². The summed E-state index contributed by atoms with van der Waals surface area (Å²) >= 11 is 3.09. The summed E-state index contributed by atoms with van der Waals surface area (Å²) in [5.74, 6) is 0. The van der Waals surface area contributed by atoms with Crippen molar-refractivity contribution in [3.63, 3.8) is 0 Å². The molecular weight excluding hydrogens is 264 g/mol. The van der Waals surface area contributed by atoms with Crippen molar-refractivity contribution in [2.24, 2.45) is 0 Å². The third-order valence-corrected chi connectivity index (χ3v) is 3.48. The molecule has 0 amide bonds. The Kier molecular flexibility index (Phi) is 23.3. The summed E-state index contributed by atoms with van der Waals surface area (Å²) in [6.45, 7) is 10.9. The SMILES string of the molecule is CCCCCCCCN(CCCC)CCCC.N#CS. The molecule has 0 saturated carbocycles. The summed E-state index contributed by atoms with van der Waals surface area (Å²) in [7, 11) is 0. The Hall–Kier alpha value is -0.200. The normalized spacial score (nSPS) is 10.0. The first kappa shape index (κ1) is 22.1. The Balaban J connectivity index is 0. The molecule has 0 unspecified atom stereocenters. The molecule has 0 atom stereocenters. The lowest BCUT2D eigenvalue weighted by Gasteiger charge is -2.21. The van der Waals surface area contributed by atoms with Gasteiger partial charge in [-0.2, -0.15) is 5.26 Å². The molecule has 0 heterocycles. The van der Waals surface area contributed by atoms with Crippen LogP contribution in [0.15, 0.2) is 0 Å². The fourth-order valence-electron chi connectivity index (χ4n) is 2.21. The van der Waals surface area contributed by atoms with Gasteiger partial charge >= 0.3 is 0 Å². The lowest BCUT2D eigenvalue weighted by molar-refractivity contribution is 0.259. The Morgan fingerprint density at radius 3 is 1.50 bits per heavy atom. The van der Waals surface area contributed by atoms with Gasteiger partial charge in [0.2, 0.25) is 0 Å². The highest BCUT2D eigenvalue weighted by Crippen LogP contribution is 2.07. The summed E-state index contributed by atoms with van der Waals surface area (Å²) in [6, 6.07) is 0. The number of thiocyanates is 1. The van der Waals surface area contributed by atoms with Gasteiger partial charge in [0.15, 0.2) is 0 Å². The van der Waals surface area contributed by atoms with Crippen LogP contribution in [0, 0.1) is 10.7 Å². The van der Waals surface area contributed by atoms with Crippen molar-refractivity contribution in [3.8, 4) is 5.40 Å². The van der Waals surface area contributed by atoms with Crippen molar-refractivity contribution in [1.29, 1.82) is 5.26 Å². The smallest absolute Gasteiger partial charge is 0.130 e. The second kappa shape index (κ2) is 21.1. The summed E-state index contributed by atoms with van der Waals surface area (Å²) < 4.78 is 0. The maximum absolute atomic E-state index is 7.18. The molecular formula is C17H36N2S. The van der Waals surface area contributed by atoms with Gasteiger partial charge < -0.3 is 4.90 Å². The molecule has 0 radical (unpaired) electrons. The molecule has 0 bridgehead atoms. The van der Waals surface area contributed by atoms with Crippen molar-refractivity contribution < 1.29 is 0 Å². The maximum atomic E-state index is 7.18. The van der Waals surface area contributed by atoms with E-state index in [0.717, 1.165) is 0 Å². The van der Waals surface area contributed by atoms with Crippen molar-refractivity contribution in [2.75, 3.05) is 19.6 Å². The molecule has 0 fully saturated rings. The third-order valence-electron chi connectivity index (χ3n) is 3.48. The first-order valence-electron chi connectivity index (χ1n) is 8.52. The van der Waals surface area contributed by atoms with E-state index < -0.39 is 0 Å². The summed E-state index contributed by atoms with van der Waals surface area (Å²) in [4.78, 5) is 2.69. The van der Waals surface area contributed by atoms with Crippen molar-refractivity contribution in [3.05, 3.63) is 0 Å². The van der Waals surface area contributed by atoms with Crippen molar-refractivity contribution in [2.45, 2.75) is 85.0 Å². The first-order chi connectivity index (χ1) is 9.76. The lowest BCUT2D eigenvalue weighted by Crippen LogP contribution is -2.27. The second-order valence-electron chi connectivity index (χ2n) is 5.42. The van der Waals surface area contributed by atoms with Crippen LogP contribution in [0.1, 0.15) is 85.0 Å². The summed E-state index contributed by atoms with van der Waals surface area (Å²) in [5.41, 5.74) is 0. The zero-order valence-electron chi connectivity index (χ0n) is 14.0. The van der Waals surface area contributed by atoms with Crippen LogP contribution in [0.5, 0.6) is 0 Å². The van der Waals surface area contributed by atoms with Crippen LogP contribution in [0.4, 0.5) is 0 Å². The average Bonchev–Trinajstić information content (AvgIpc) is 2.45. The standard InChI is InChI=1S/C16H35N.CHNS/c1-4-7-10-11-12-13-16-17(14-8-5-2)15-9-6-3;2-1-3/h4-16H2,1-3H3;3H. The molecule has 0 aliphatic carbocycles. The van der Waals surface area contributed by atoms with E-state index in [2.05, 4.69) is 38.3 Å². The first-order valence-corrected chi connectivity index (χ1v) is 8.96. The van der Waals surface area contributed by atoms with E-state index in [1.807, 2.05) is 0 Å². The minimum Gasteiger partial charge on any atom is -0.303 e. The molecule has 3 heteroatoms. The molecule has 120 valence electrons. The molecule has 0 aliphatic heterocycles. The van der Waals surface area contributed by atoms with Gasteiger partial charge in [-0.15, -0.1) is 0 Å². The number of nitrogens with zero attached hydrogens (tertiary/aromatic N) is 2. The number of nitriles is 1. The predicted molar refractivity (Wildman–Crippen MR) is 94.2 cm³/mol. The highest BCUT2D eigenvalue weighted by atomic mass is 32.1. The molecule has 0 saturated heterocycles. The van der Waals surface area contributed by atoms with Gasteiger partial charge in [-0.3, -0.25) is 0 Å². The molecule has 0 spiro atoms. The Morgan fingerprint density at radius 2 is 1.05 bits per heavy atom. The minimum atomic E-state index is 1.32. The Bertz CT molecular complexity index is 194. The maximum Gasteiger partial charge on any atom is 0.130 e. The topological polar surface area (TPSA) is 27.0 Å². The lowest BCUT2D eigenvalue weighted by atomic mass is 10.1. The predicted octanol–water partition coefficient (Wildman–Crippen LogP) is 5.65. The second-order valence-corrected chi connectivity index (χ2v) is 5.62. The number of thiol groups is 1. The fourth-order valence-corrected chi connectivity index (χ4v) is 2.21. The number of unbranched alkanes of at least 4 members (excludes halogenated alkanes) is 7. The summed E-state index contributed by atoms with van der Waals surface area (Å²) in [5, 5.41) is 8.63. The van der Waals surface area contributed by atoms with Crippen LogP contribution in [-0.4, -0.2) is 24.5 Å². The quantitative estimate of drug-likeness (QED) is 0.270.